The molecule has 0 saturated carbocycles. The van der Waals surface area contributed by atoms with Gasteiger partial charge in [-0.25, -0.2) is 0 Å². The summed E-state index contributed by atoms with van der Waals surface area (Å²) in [6.07, 6.45) is 5.64. The van der Waals surface area contributed by atoms with E-state index in [9.17, 15) is 28.8 Å². The molecule has 1 aliphatic heterocycles. The van der Waals surface area contributed by atoms with Gasteiger partial charge in [0.2, 0.25) is 29.5 Å². The number of carbonyl (C=O) groups excluding carboxylic acids is 6. The molecular weight excluding hydrogens is 873 g/mol. The predicted octanol–water partition coefficient (Wildman–Crippen LogP) is 1.24. The number of nitrogens with two attached hydrogens (primary N) is 4. The normalized spacial score (nSPS) is 15.7. The minimum atomic E-state index is -0.516. The molecule has 19 heteroatoms. The number of hydrogen-bond donors (Lipinski definition) is 7. The van der Waals surface area contributed by atoms with Crippen molar-refractivity contribution in [2.45, 2.75) is 57.7 Å². The molecule has 1 fully saturated rings. The number of pyridine rings is 1. The van der Waals surface area contributed by atoms with E-state index in [1.165, 1.54) is 0 Å². The van der Waals surface area contributed by atoms with E-state index in [1.807, 2.05) is 86.3 Å². The maximum Gasteiger partial charge on any atom is 0.251 e. The van der Waals surface area contributed by atoms with Gasteiger partial charge in [-0.1, -0.05) is 67.2 Å². The van der Waals surface area contributed by atoms with E-state index in [1.54, 1.807) is 18.3 Å². The zero-order valence-electron chi connectivity index (χ0n) is 38.0. The molecule has 2 heterocycles. The van der Waals surface area contributed by atoms with E-state index >= 15 is 0 Å². The fourth-order valence-electron chi connectivity index (χ4n) is 8.09. The molecular formula is C48H64N12O6S. The van der Waals surface area contributed by atoms with Crippen molar-refractivity contribution in [2.75, 3.05) is 77.3 Å². The fourth-order valence-corrected chi connectivity index (χ4v) is 8.35. The molecule has 0 aliphatic carbocycles. The third-order valence-corrected chi connectivity index (χ3v) is 11.9. The number of rotatable bonds is 22. The van der Waals surface area contributed by atoms with Gasteiger partial charge in [0, 0.05) is 87.7 Å². The Hall–Kier alpha value is -6.38. The number of nitrogens with one attached hydrogen (secondary N) is 3. The molecule has 11 N–H and O–H groups in total. The van der Waals surface area contributed by atoms with E-state index < -0.39 is 23.6 Å². The maximum atomic E-state index is 12.8. The second-order valence-corrected chi connectivity index (χ2v) is 17.4. The van der Waals surface area contributed by atoms with E-state index in [2.05, 4.69) is 20.9 Å². The molecule has 1 unspecified atom stereocenters. The number of primary amides is 4. The molecule has 1 aromatic heterocycles. The van der Waals surface area contributed by atoms with Crippen LogP contribution in [0.15, 0.2) is 85.1 Å². The summed E-state index contributed by atoms with van der Waals surface area (Å²) in [7, 11) is 0. The van der Waals surface area contributed by atoms with Gasteiger partial charge >= 0.3 is 0 Å². The van der Waals surface area contributed by atoms with Gasteiger partial charge in [-0.3, -0.25) is 53.4 Å². The number of hydrogen-bond acceptors (Lipinski definition) is 12. The largest absolute Gasteiger partial charge is 0.369 e. The Morgan fingerprint density at radius 2 is 1.19 bits per heavy atom. The van der Waals surface area contributed by atoms with Crippen LogP contribution in [-0.4, -0.2) is 143 Å². The Balaban J connectivity index is 1.05. The van der Waals surface area contributed by atoms with Crippen LogP contribution in [0.4, 0.5) is 5.69 Å². The van der Waals surface area contributed by atoms with Crippen LogP contribution in [0.2, 0.25) is 0 Å². The maximum absolute atomic E-state index is 12.8. The molecule has 0 bridgehead atoms. The molecule has 6 amide bonds. The van der Waals surface area contributed by atoms with E-state index in [-0.39, 0.29) is 44.0 Å². The number of anilines is 1. The second-order valence-electron chi connectivity index (χ2n) is 16.9. The fraction of sp³-hybridized carbons (Fsp3) is 0.417. The summed E-state index contributed by atoms with van der Waals surface area (Å²) in [6.45, 7) is 3.40. The smallest absolute Gasteiger partial charge is 0.251 e. The zero-order valence-corrected chi connectivity index (χ0v) is 38.8. The standard InChI is InChI=1S/C48H64N12O6S/c49-42(61)30-57-20-21-58(31-43(50)62)24-25-60(33-45(52)64)39(29-59(23-22-57)32-44(51)63)26-34-12-16-38(17-13-34)56-47(67)9-3-1-2-8-46(65)54-27-35-10-14-37(15-11-35)48(66)55-28-41-40-7-5-4-6-36(40)18-19-53-41/h4-7,10-19,39H,1-3,8-9,20-33H2,(H2,49,61)(H2,50,62)(H2,51,63)(H2,52,64)(H,54,65)(H,55,66)(H,56,67). The number of amides is 6. The van der Waals surface area contributed by atoms with Crippen molar-refractivity contribution >= 4 is 69.1 Å². The molecule has 67 heavy (non-hydrogen) atoms. The summed E-state index contributed by atoms with van der Waals surface area (Å²) in [5.41, 5.74) is 26.5. The van der Waals surface area contributed by atoms with Crippen LogP contribution in [0.5, 0.6) is 0 Å². The number of aromatic nitrogens is 1. The molecule has 1 atom stereocenters. The van der Waals surface area contributed by atoms with Crippen LogP contribution in [0.1, 0.15) is 59.3 Å². The highest BCUT2D eigenvalue weighted by Crippen LogP contribution is 2.18. The van der Waals surface area contributed by atoms with Crippen molar-refractivity contribution in [3.8, 4) is 0 Å². The molecule has 0 spiro atoms. The van der Waals surface area contributed by atoms with Crippen molar-refractivity contribution in [3.63, 3.8) is 0 Å². The minimum absolute atomic E-state index is 0.00394. The van der Waals surface area contributed by atoms with Crippen LogP contribution in [0, 0.1) is 0 Å². The lowest BCUT2D eigenvalue weighted by molar-refractivity contribution is -0.122. The lowest BCUT2D eigenvalue weighted by atomic mass is 10.0. The van der Waals surface area contributed by atoms with Crippen LogP contribution in [0.25, 0.3) is 10.8 Å². The first-order valence-electron chi connectivity index (χ1n) is 22.6. The summed E-state index contributed by atoms with van der Waals surface area (Å²) in [6, 6.07) is 24.6. The Morgan fingerprint density at radius 3 is 1.85 bits per heavy atom. The Kier molecular flexibility index (Phi) is 20.6. The van der Waals surface area contributed by atoms with Crippen molar-refractivity contribution in [1.82, 2.24) is 35.2 Å². The average Bonchev–Trinajstić information content (AvgIpc) is 3.28. The van der Waals surface area contributed by atoms with Gasteiger partial charge in [0.15, 0.2) is 0 Å². The van der Waals surface area contributed by atoms with E-state index in [0.29, 0.717) is 95.1 Å². The van der Waals surface area contributed by atoms with Gasteiger partial charge in [-0.2, -0.15) is 0 Å². The van der Waals surface area contributed by atoms with Gasteiger partial charge in [0.25, 0.3) is 5.91 Å². The summed E-state index contributed by atoms with van der Waals surface area (Å²) in [4.78, 5) is 86.6. The first-order valence-corrected chi connectivity index (χ1v) is 23.0. The highest BCUT2D eigenvalue weighted by Gasteiger charge is 2.27. The van der Waals surface area contributed by atoms with Crippen LogP contribution in [0.3, 0.4) is 0 Å². The topological polar surface area (TPSA) is 268 Å². The second kappa shape index (κ2) is 26.7. The molecule has 1 saturated heterocycles. The van der Waals surface area contributed by atoms with Crippen molar-refractivity contribution in [3.05, 3.63) is 107 Å². The third-order valence-electron chi connectivity index (χ3n) is 11.5. The number of nitrogens with zero attached hydrogens (tertiary/aromatic N) is 5. The Morgan fingerprint density at radius 1 is 0.612 bits per heavy atom. The molecule has 1 aliphatic rings. The number of fused-ring (bicyclic) bond motifs is 1. The first kappa shape index (κ1) is 51.6. The highest BCUT2D eigenvalue weighted by atomic mass is 32.1. The Labute approximate surface area is 397 Å². The quantitative estimate of drug-likeness (QED) is 0.0433. The lowest BCUT2D eigenvalue weighted by Crippen LogP contribution is -2.54. The van der Waals surface area contributed by atoms with E-state index in [0.717, 1.165) is 46.1 Å². The highest BCUT2D eigenvalue weighted by molar-refractivity contribution is 7.80. The number of carbonyl (C=O) groups is 6. The third kappa shape index (κ3) is 18.4. The molecule has 4 aromatic rings. The van der Waals surface area contributed by atoms with Gasteiger partial charge in [0.05, 0.1) is 43.4 Å². The van der Waals surface area contributed by atoms with Crippen molar-refractivity contribution in [1.29, 1.82) is 0 Å². The molecule has 0 radical (unpaired) electrons. The molecule has 3 aromatic carbocycles. The summed E-state index contributed by atoms with van der Waals surface area (Å²) >= 11 is 5.64. The predicted molar refractivity (Wildman–Crippen MR) is 262 cm³/mol. The minimum Gasteiger partial charge on any atom is -0.369 e. The SMILES string of the molecule is NC(=O)CN1CCN(CC(N)=O)CCN(CC(N)=O)C(Cc2ccc(NC(=S)CCCCCC(=O)NCc3ccc(C(=O)NCc4nccc5ccccc45)cc3)cc2)CN(CC(N)=O)CC1. The zero-order chi connectivity index (χ0) is 48.1. The van der Waals surface area contributed by atoms with Crippen LogP contribution >= 0.6 is 12.2 Å². The molecule has 18 nitrogen and oxygen atoms in total. The number of thiocarbonyl (C=S) groups is 1. The monoisotopic (exact) mass is 936 g/mol. The summed E-state index contributed by atoms with van der Waals surface area (Å²) in [5.74, 6) is -2.26. The van der Waals surface area contributed by atoms with Gasteiger partial charge < -0.3 is 38.9 Å². The summed E-state index contributed by atoms with van der Waals surface area (Å²) < 4.78 is 0. The van der Waals surface area contributed by atoms with Crippen molar-refractivity contribution < 1.29 is 28.8 Å². The number of unbranched alkanes of at least 4 members (excludes halogenated alkanes) is 2. The summed E-state index contributed by atoms with van der Waals surface area (Å²) in [5, 5.41) is 11.3. The number of benzene rings is 3. The van der Waals surface area contributed by atoms with Crippen LogP contribution in [-0.2, 0) is 43.5 Å². The van der Waals surface area contributed by atoms with Crippen molar-refractivity contribution in [2.24, 2.45) is 22.9 Å². The first-order chi connectivity index (χ1) is 32.2. The van der Waals surface area contributed by atoms with Gasteiger partial charge in [-0.05, 0) is 72.5 Å². The van der Waals surface area contributed by atoms with Gasteiger partial charge in [-0.15, -0.1) is 0 Å². The van der Waals surface area contributed by atoms with Crippen LogP contribution < -0.4 is 38.9 Å². The lowest BCUT2D eigenvalue weighted by Gasteiger charge is -2.38. The van der Waals surface area contributed by atoms with Gasteiger partial charge in [0.1, 0.15) is 0 Å². The average molecular weight is 937 g/mol. The molecule has 358 valence electrons. The van der Waals surface area contributed by atoms with E-state index in [4.69, 9.17) is 35.2 Å². The Bertz CT molecular complexity index is 2310. The molecule has 5 rings (SSSR count).